The predicted octanol–water partition coefficient (Wildman–Crippen LogP) is 6.52. The maximum Gasteiger partial charge on any atom is 0.352 e. The van der Waals surface area contributed by atoms with Gasteiger partial charge in [-0.25, -0.2) is 9.10 Å². The van der Waals surface area contributed by atoms with E-state index in [1.54, 1.807) is 0 Å². The van der Waals surface area contributed by atoms with E-state index in [-0.39, 0.29) is 0 Å². The Morgan fingerprint density at radius 1 is 0.907 bits per heavy atom. The lowest BCUT2D eigenvalue weighted by Crippen LogP contribution is -2.42. The highest BCUT2D eigenvalue weighted by Crippen LogP contribution is 2.39. The fraction of sp³-hybridized carbons (Fsp3) is 0.333. The normalized spacial score (nSPS) is 14.7. The average molecular weight is 748 g/mol. The lowest BCUT2D eigenvalue weighted by Gasteiger charge is -2.33. The number of aryl methyl sites for hydroxylation is 3. The summed E-state index contributed by atoms with van der Waals surface area (Å²) in [4.78, 5) is 15.4. The van der Waals surface area contributed by atoms with Gasteiger partial charge in [-0.05, 0) is 74.1 Å². The minimum atomic E-state index is -0.914. The number of nitrogens with two attached hydrogens (primary N) is 1. The second-order valence-electron chi connectivity index (χ2n) is 13.6. The molecule has 8 rings (SSSR count). The summed E-state index contributed by atoms with van der Waals surface area (Å²) in [6.07, 6.45) is 2.05. The molecule has 0 atom stereocenters. The van der Waals surface area contributed by atoms with Crippen LogP contribution >= 0.6 is 12.8 Å². The molecule has 0 unspecified atom stereocenters. The molecule has 0 aliphatic carbocycles. The highest BCUT2D eigenvalue weighted by atomic mass is 32.1. The van der Waals surface area contributed by atoms with E-state index >= 15 is 0 Å². The van der Waals surface area contributed by atoms with E-state index in [0.29, 0.717) is 44.8 Å². The van der Waals surface area contributed by atoms with E-state index in [1.807, 2.05) is 58.8 Å². The van der Waals surface area contributed by atoms with Crippen LogP contribution in [-0.2, 0) is 33.2 Å². The van der Waals surface area contributed by atoms with Gasteiger partial charge in [0.05, 0.1) is 23.5 Å². The Morgan fingerprint density at radius 3 is 2.44 bits per heavy atom. The summed E-state index contributed by atoms with van der Waals surface area (Å²) in [6.45, 7) is 6.47. The molecule has 11 nitrogen and oxygen atoms in total. The number of fused-ring (bicyclic) bond motifs is 3. The van der Waals surface area contributed by atoms with Crippen molar-refractivity contribution in [1.29, 1.82) is 0 Å². The number of carboxylic acids is 1. The van der Waals surface area contributed by atoms with Gasteiger partial charge in [0.1, 0.15) is 23.8 Å². The Balaban J connectivity index is 0.00000221. The van der Waals surface area contributed by atoms with Crippen LogP contribution in [0, 0.1) is 0 Å². The van der Waals surface area contributed by atoms with Crippen LogP contribution in [0.25, 0.3) is 32.8 Å². The molecule has 2 aromatic heterocycles. The summed E-state index contributed by atoms with van der Waals surface area (Å²) in [5, 5.41) is 22.4. The van der Waals surface area contributed by atoms with Crippen molar-refractivity contribution in [2.75, 3.05) is 51.3 Å². The lowest BCUT2D eigenvalue weighted by molar-refractivity contribution is 0.0684. The van der Waals surface area contributed by atoms with E-state index in [1.165, 1.54) is 12.7 Å². The van der Waals surface area contributed by atoms with Gasteiger partial charge < -0.3 is 35.1 Å². The number of hydrogen-bond acceptors (Lipinski definition) is 9. The van der Waals surface area contributed by atoms with Crippen molar-refractivity contribution in [3.8, 4) is 22.6 Å². The number of hydrogen-bond donors (Lipinski definition) is 4. The fourth-order valence-corrected chi connectivity index (χ4v) is 7.98. The molecule has 2 aliphatic heterocycles. The van der Waals surface area contributed by atoms with E-state index in [2.05, 4.69) is 75.5 Å². The number of ether oxygens (including phenoxy) is 2. The Labute approximate surface area is 321 Å². The van der Waals surface area contributed by atoms with Gasteiger partial charge in [-0.1, -0.05) is 67.4 Å². The van der Waals surface area contributed by atoms with Crippen LogP contribution in [0.1, 0.15) is 40.3 Å². The zero-order valence-corrected chi connectivity index (χ0v) is 31.9. The molecule has 1 fully saturated rings. The second-order valence-corrected chi connectivity index (χ2v) is 14.1. The van der Waals surface area contributed by atoms with Crippen LogP contribution in [0.2, 0.25) is 0 Å². The molecule has 54 heavy (non-hydrogen) atoms. The molecule has 0 bridgehead atoms. The number of para-hydroxylation sites is 1. The van der Waals surface area contributed by atoms with Crippen LogP contribution < -0.4 is 25.4 Å². The number of aromatic carboxylic acids is 1. The summed E-state index contributed by atoms with van der Waals surface area (Å²) in [5.74, 6) is 0.713. The molecule has 0 saturated carbocycles. The summed E-state index contributed by atoms with van der Waals surface area (Å²) >= 11 is 4.48. The topological polar surface area (TPSA) is 123 Å². The number of rotatable bonds is 10. The molecule has 4 aromatic carbocycles. The van der Waals surface area contributed by atoms with Crippen molar-refractivity contribution in [2.45, 2.75) is 39.0 Å². The van der Waals surface area contributed by atoms with Crippen molar-refractivity contribution in [3.63, 3.8) is 0 Å². The second kappa shape index (κ2) is 17.0. The van der Waals surface area contributed by atoms with Gasteiger partial charge in [-0.15, -0.1) is 0 Å². The number of nitrogens with one attached hydrogen (secondary N) is 1. The summed E-state index contributed by atoms with van der Waals surface area (Å²) < 4.78 is 18.7. The summed E-state index contributed by atoms with van der Waals surface area (Å²) in [7, 11) is 3.46. The molecule has 12 heteroatoms. The molecule has 282 valence electrons. The Kier molecular flexibility index (Phi) is 11.7. The van der Waals surface area contributed by atoms with Gasteiger partial charge in [0.25, 0.3) is 0 Å². The third-order valence-electron chi connectivity index (χ3n) is 10.3. The highest BCUT2D eigenvalue weighted by Gasteiger charge is 2.28. The molecular formula is C42H49N7O4S. The average Bonchev–Trinajstić information content (AvgIpc) is 3.70. The molecule has 4 N–H and O–H groups in total. The first kappa shape index (κ1) is 37.3. The highest BCUT2D eigenvalue weighted by molar-refractivity contribution is 7.77. The van der Waals surface area contributed by atoms with Crippen LogP contribution in [0.15, 0.2) is 84.9 Å². The Bertz CT molecular complexity index is 2220. The molecule has 4 heterocycles. The number of carbonyl (C=O) groups is 1. The van der Waals surface area contributed by atoms with Crippen LogP contribution in [-0.4, -0.2) is 76.1 Å². The number of thiol groups is 1. The summed E-state index contributed by atoms with van der Waals surface area (Å²) in [6, 6.07) is 28.8. The Hall–Kier alpha value is -5.01. The van der Waals surface area contributed by atoms with Gasteiger partial charge in [-0.2, -0.15) is 5.10 Å². The van der Waals surface area contributed by atoms with Gasteiger partial charge in [-0.3, -0.25) is 4.68 Å². The van der Waals surface area contributed by atoms with Crippen molar-refractivity contribution < 1.29 is 19.4 Å². The largest absolute Gasteiger partial charge is 0.493 e. The summed E-state index contributed by atoms with van der Waals surface area (Å²) in [5.41, 5.74) is 11.6. The van der Waals surface area contributed by atoms with Gasteiger partial charge >= 0.3 is 5.97 Å². The molecule has 0 amide bonds. The van der Waals surface area contributed by atoms with Crippen molar-refractivity contribution >= 4 is 46.1 Å². The quantitative estimate of drug-likeness (QED) is 0.0917. The van der Waals surface area contributed by atoms with Crippen molar-refractivity contribution in [3.05, 3.63) is 108 Å². The monoisotopic (exact) mass is 747 g/mol. The first-order valence-electron chi connectivity index (χ1n) is 18.7. The van der Waals surface area contributed by atoms with Gasteiger partial charge in [0, 0.05) is 73.9 Å². The third kappa shape index (κ3) is 7.65. The number of nitrogens with zero attached hydrogens (tertiary/aromatic N) is 5. The number of carboxylic acid groups (broad SMARTS) is 1. The molecular weight excluding hydrogens is 699 g/mol. The maximum absolute atomic E-state index is 13.1. The van der Waals surface area contributed by atoms with Gasteiger partial charge in [0.2, 0.25) is 0 Å². The fourth-order valence-electron chi connectivity index (χ4n) is 7.80. The van der Waals surface area contributed by atoms with Crippen LogP contribution in [0.5, 0.6) is 11.5 Å². The zero-order valence-electron chi connectivity index (χ0n) is 31.0. The molecule has 2 aliphatic rings. The van der Waals surface area contributed by atoms with Crippen LogP contribution in [0.4, 0.5) is 5.69 Å². The van der Waals surface area contributed by atoms with E-state index < -0.39 is 5.97 Å². The Morgan fingerprint density at radius 2 is 1.65 bits per heavy atom. The first-order valence-corrected chi connectivity index (χ1v) is 19.1. The smallest absolute Gasteiger partial charge is 0.352 e. The van der Waals surface area contributed by atoms with Gasteiger partial charge in [0.15, 0.2) is 0 Å². The van der Waals surface area contributed by atoms with E-state index in [9.17, 15) is 9.90 Å². The number of aromatic nitrogens is 3. The minimum absolute atomic E-state index is 0.317. The lowest BCUT2D eigenvalue weighted by atomic mass is 9.97. The zero-order chi connectivity index (χ0) is 37.6. The SMILES string of the molecule is CN.Cn1nc2c(c1COc1ccc(N3CCN(S)CC3)cc1)-c1cccc3c(CCCOc4cccc5ccccc45)c(C(=O)O)n(c13)CCCNC2. The molecule has 6 aromatic rings. The minimum Gasteiger partial charge on any atom is -0.493 e. The van der Waals surface area contributed by atoms with Crippen molar-refractivity contribution in [2.24, 2.45) is 12.8 Å². The third-order valence-corrected chi connectivity index (χ3v) is 10.7. The van der Waals surface area contributed by atoms with E-state index in [0.717, 1.165) is 100 Å². The number of anilines is 1. The van der Waals surface area contributed by atoms with Crippen LogP contribution in [0.3, 0.4) is 0 Å². The molecule has 1 saturated heterocycles. The first-order chi connectivity index (χ1) is 26.5. The van der Waals surface area contributed by atoms with E-state index in [4.69, 9.17) is 14.6 Å². The maximum atomic E-state index is 13.1. The molecule has 0 radical (unpaired) electrons. The number of piperazine rings is 1. The predicted molar refractivity (Wildman–Crippen MR) is 219 cm³/mol. The number of benzene rings is 4. The molecule has 0 spiro atoms. The van der Waals surface area contributed by atoms with Crippen molar-refractivity contribution in [1.82, 2.24) is 24.0 Å². The standard InChI is InChI=1S/C41H44N6O4S.CH5N/c1-44-36(27-51-30-17-15-29(16-18-30)45-21-23-46(52)24-22-45)38-34-12-5-11-32-33(13-6-25-50-37-14-4-9-28-8-2-3-10-31(28)37)40(41(48)49)47(39(32)34)20-7-19-42-26-35(38)43-44;1-2/h2-5,8-12,14-18,42,52H,6-7,13,19-27H2,1H3,(H,48,49);2H2,1H3.